The van der Waals surface area contributed by atoms with E-state index >= 15 is 0 Å². The summed E-state index contributed by atoms with van der Waals surface area (Å²) in [5.74, 6) is -0.796. The molecule has 0 radical (unpaired) electrons. The number of aromatic nitrogens is 2. The molecule has 0 aliphatic heterocycles. The molecule has 0 unspecified atom stereocenters. The molecule has 1 rings (SSSR count). The van der Waals surface area contributed by atoms with E-state index in [2.05, 4.69) is 10.4 Å². The van der Waals surface area contributed by atoms with Gasteiger partial charge in [-0.3, -0.25) is 9.48 Å². The molecule has 0 aromatic carbocycles. The Bertz CT molecular complexity index is 521. The summed E-state index contributed by atoms with van der Waals surface area (Å²) in [6.07, 6.45) is 3.17. The molecule has 1 N–H and O–H groups in total. The third kappa shape index (κ3) is 4.31. The molecule has 1 atom stereocenters. The Morgan fingerprint density at radius 1 is 1.24 bits per heavy atom. The molecule has 6 heteroatoms. The molecule has 1 aromatic heterocycles. The monoisotopic (exact) mass is 295 g/mol. The number of rotatable bonds is 3. The average molecular weight is 295 g/mol. The largest absolute Gasteiger partial charge is 0.467 e. The first-order valence-corrected chi connectivity index (χ1v) is 6.90. The Hall–Kier alpha value is -1.85. The van der Waals surface area contributed by atoms with Gasteiger partial charge in [0.15, 0.2) is 0 Å². The molecule has 6 nitrogen and oxygen atoms in total. The van der Waals surface area contributed by atoms with Gasteiger partial charge in [0, 0.05) is 6.20 Å². The van der Waals surface area contributed by atoms with Crippen LogP contribution < -0.4 is 5.32 Å². The zero-order valence-electron chi connectivity index (χ0n) is 13.9. The fourth-order valence-corrected chi connectivity index (χ4v) is 1.77. The van der Waals surface area contributed by atoms with Crippen LogP contribution in [0.15, 0.2) is 12.4 Å². The molecule has 0 spiro atoms. The highest BCUT2D eigenvalue weighted by atomic mass is 16.5. The van der Waals surface area contributed by atoms with Crippen molar-refractivity contribution in [1.82, 2.24) is 15.1 Å². The lowest BCUT2D eigenvalue weighted by Gasteiger charge is -2.28. The Kier molecular flexibility index (Phi) is 4.81. The molecule has 1 aromatic rings. The first kappa shape index (κ1) is 17.2. The van der Waals surface area contributed by atoms with Crippen LogP contribution in [0.1, 0.15) is 51.9 Å². The number of carbonyl (C=O) groups is 2. The fraction of sp³-hybridized carbons (Fsp3) is 0.667. The van der Waals surface area contributed by atoms with Gasteiger partial charge in [0.1, 0.15) is 6.04 Å². The van der Waals surface area contributed by atoms with Crippen molar-refractivity contribution in [2.45, 2.75) is 53.1 Å². The summed E-state index contributed by atoms with van der Waals surface area (Å²) >= 11 is 0. The number of carbonyl (C=O) groups excluding carboxylic acids is 2. The molecule has 1 heterocycles. The highest BCUT2D eigenvalue weighted by Crippen LogP contribution is 2.21. The van der Waals surface area contributed by atoms with Gasteiger partial charge in [-0.2, -0.15) is 5.10 Å². The van der Waals surface area contributed by atoms with Crippen molar-refractivity contribution in [2.24, 2.45) is 5.41 Å². The van der Waals surface area contributed by atoms with E-state index < -0.39 is 17.4 Å². The standard InChI is InChI=1S/C15H25N3O3/c1-14(2,3)11(13(20)21-7)17-12(19)10-8-16-18(9-10)15(4,5)6/h8-9,11H,1-7H3,(H,17,19)/t11-/m1/s1. The lowest BCUT2D eigenvalue weighted by molar-refractivity contribution is -0.145. The van der Waals surface area contributed by atoms with E-state index in [9.17, 15) is 9.59 Å². The number of hydrogen-bond donors (Lipinski definition) is 1. The second-order valence-electron chi connectivity index (χ2n) is 7.14. The van der Waals surface area contributed by atoms with Crippen molar-refractivity contribution in [3.8, 4) is 0 Å². The first-order valence-electron chi connectivity index (χ1n) is 6.90. The van der Waals surface area contributed by atoms with E-state index in [1.807, 2.05) is 41.5 Å². The second-order valence-corrected chi connectivity index (χ2v) is 7.14. The van der Waals surface area contributed by atoms with Gasteiger partial charge in [0.05, 0.1) is 24.4 Å². The van der Waals surface area contributed by atoms with Crippen LogP contribution in [0, 0.1) is 5.41 Å². The van der Waals surface area contributed by atoms with Gasteiger partial charge in [-0.1, -0.05) is 20.8 Å². The van der Waals surface area contributed by atoms with E-state index in [0.29, 0.717) is 5.56 Å². The van der Waals surface area contributed by atoms with Gasteiger partial charge in [-0.05, 0) is 26.2 Å². The summed E-state index contributed by atoms with van der Waals surface area (Å²) in [6.45, 7) is 11.6. The first-order chi connectivity index (χ1) is 9.46. The number of nitrogens with one attached hydrogen (secondary N) is 1. The Balaban J connectivity index is 2.93. The third-order valence-corrected chi connectivity index (χ3v) is 3.11. The Morgan fingerprint density at radius 2 is 1.81 bits per heavy atom. The lowest BCUT2D eigenvalue weighted by atomic mass is 9.86. The normalized spacial score (nSPS) is 13.7. The maximum Gasteiger partial charge on any atom is 0.328 e. The SMILES string of the molecule is COC(=O)[C@@H](NC(=O)c1cnn(C(C)(C)C)c1)C(C)(C)C. The predicted octanol–water partition coefficient (Wildman–Crippen LogP) is 1.96. The van der Waals surface area contributed by atoms with E-state index in [4.69, 9.17) is 4.74 Å². The fourth-order valence-electron chi connectivity index (χ4n) is 1.77. The summed E-state index contributed by atoms with van der Waals surface area (Å²) in [7, 11) is 1.31. The predicted molar refractivity (Wildman–Crippen MR) is 79.9 cm³/mol. The molecule has 0 fully saturated rings. The van der Waals surface area contributed by atoms with Crippen LogP contribution in [-0.2, 0) is 15.1 Å². The van der Waals surface area contributed by atoms with Crippen LogP contribution >= 0.6 is 0 Å². The van der Waals surface area contributed by atoms with Gasteiger partial charge in [-0.25, -0.2) is 4.79 Å². The highest BCUT2D eigenvalue weighted by molar-refractivity contribution is 5.96. The van der Waals surface area contributed by atoms with Crippen LogP contribution in [0.2, 0.25) is 0 Å². The quantitative estimate of drug-likeness (QED) is 0.865. The molecule has 0 aliphatic carbocycles. The van der Waals surface area contributed by atoms with E-state index in [0.717, 1.165) is 0 Å². The molecule has 1 amide bonds. The average Bonchev–Trinajstić information content (AvgIpc) is 2.82. The second kappa shape index (κ2) is 5.87. The number of hydrogen-bond acceptors (Lipinski definition) is 4. The van der Waals surface area contributed by atoms with E-state index in [-0.39, 0.29) is 11.4 Å². The molecule has 0 saturated carbocycles. The van der Waals surface area contributed by atoms with Gasteiger partial charge in [0.25, 0.3) is 5.91 Å². The van der Waals surface area contributed by atoms with Crippen molar-refractivity contribution < 1.29 is 14.3 Å². The van der Waals surface area contributed by atoms with Crippen molar-refractivity contribution in [1.29, 1.82) is 0 Å². The van der Waals surface area contributed by atoms with Crippen LogP contribution in [-0.4, -0.2) is 34.8 Å². The van der Waals surface area contributed by atoms with Crippen LogP contribution in [0.5, 0.6) is 0 Å². The zero-order valence-corrected chi connectivity index (χ0v) is 13.9. The summed E-state index contributed by atoms with van der Waals surface area (Å²) in [5, 5.41) is 6.90. The lowest BCUT2D eigenvalue weighted by Crippen LogP contribution is -2.49. The van der Waals surface area contributed by atoms with Crippen LogP contribution in [0.4, 0.5) is 0 Å². The number of ether oxygens (including phenoxy) is 1. The number of amides is 1. The van der Waals surface area contributed by atoms with Crippen LogP contribution in [0.25, 0.3) is 0 Å². The van der Waals surface area contributed by atoms with Crippen molar-refractivity contribution in [3.05, 3.63) is 18.0 Å². The number of methoxy groups -OCH3 is 1. The maximum absolute atomic E-state index is 12.3. The molecular weight excluding hydrogens is 270 g/mol. The number of nitrogens with zero attached hydrogens (tertiary/aromatic N) is 2. The highest BCUT2D eigenvalue weighted by Gasteiger charge is 2.34. The van der Waals surface area contributed by atoms with Crippen molar-refractivity contribution in [2.75, 3.05) is 7.11 Å². The zero-order chi connectivity index (χ0) is 16.4. The minimum absolute atomic E-state index is 0.204. The Morgan fingerprint density at radius 3 is 2.19 bits per heavy atom. The molecule has 0 bridgehead atoms. The van der Waals surface area contributed by atoms with Gasteiger partial charge < -0.3 is 10.1 Å². The molecule has 21 heavy (non-hydrogen) atoms. The van der Waals surface area contributed by atoms with Gasteiger partial charge >= 0.3 is 5.97 Å². The van der Waals surface area contributed by atoms with Gasteiger partial charge in [-0.15, -0.1) is 0 Å². The molecular formula is C15H25N3O3. The van der Waals surface area contributed by atoms with E-state index in [1.54, 1.807) is 10.9 Å². The molecule has 118 valence electrons. The Labute approximate surface area is 125 Å². The smallest absolute Gasteiger partial charge is 0.328 e. The summed E-state index contributed by atoms with van der Waals surface area (Å²) in [4.78, 5) is 24.1. The van der Waals surface area contributed by atoms with Gasteiger partial charge in [0.2, 0.25) is 0 Å². The molecule has 0 aliphatic rings. The summed E-state index contributed by atoms with van der Waals surface area (Å²) in [6, 6.07) is -0.715. The summed E-state index contributed by atoms with van der Waals surface area (Å²) in [5.41, 5.74) is -0.226. The van der Waals surface area contributed by atoms with Crippen LogP contribution in [0.3, 0.4) is 0 Å². The summed E-state index contributed by atoms with van der Waals surface area (Å²) < 4.78 is 6.48. The van der Waals surface area contributed by atoms with E-state index in [1.165, 1.54) is 13.3 Å². The maximum atomic E-state index is 12.3. The van der Waals surface area contributed by atoms with Crippen molar-refractivity contribution in [3.63, 3.8) is 0 Å². The molecule has 0 saturated heterocycles. The minimum Gasteiger partial charge on any atom is -0.467 e. The minimum atomic E-state index is -0.715. The van der Waals surface area contributed by atoms with Crippen molar-refractivity contribution >= 4 is 11.9 Å². The number of esters is 1. The third-order valence-electron chi connectivity index (χ3n) is 3.11. The topological polar surface area (TPSA) is 73.2 Å².